The summed E-state index contributed by atoms with van der Waals surface area (Å²) in [6.07, 6.45) is 3.92. The maximum atomic E-state index is 5.62. The monoisotopic (exact) mass is 179 g/mol. The van der Waals surface area contributed by atoms with Gasteiger partial charge in [0.1, 0.15) is 0 Å². The van der Waals surface area contributed by atoms with Crippen LogP contribution < -0.4 is 5.73 Å². The molecule has 64 valence electrons. The summed E-state index contributed by atoms with van der Waals surface area (Å²) in [5.41, 5.74) is 7.62. The van der Waals surface area contributed by atoms with Gasteiger partial charge in [-0.1, -0.05) is 12.1 Å². The summed E-state index contributed by atoms with van der Waals surface area (Å²) in [5.74, 6) is 0. The van der Waals surface area contributed by atoms with Gasteiger partial charge in [0.2, 0.25) is 0 Å². The zero-order valence-corrected chi connectivity index (χ0v) is 7.85. The number of nitrogen functional groups attached to an aromatic ring is 1. The summed E-state index contributed by atoms with van der Waals surface area (Å²) in [5, 5.41) is 0. The van der Waals surface area contributed by atoms with Crippen molar-refractivity contribution in [1.82, 2.24) is 0 Å². The lowest BCUT2D eigenvalue weighted by Crippen LogP contribution is -1.89. The molecule has 0 saturated carbocycles. The molecule has 2 N–H and O–H groups in total. The summed E-state index contributed by atoms with van der Waals surface area (Å²) in [6.45, 7) is 3.67. The van der Waals surface area contributed by atoms with Gasteiger partial charge >= 0.3 is 0 Å². The quantitative estimate of drug-likeness (QED) is 0.416. The molecule has 1 rings (SSSR count). The first kappa shape index (κ1) is 9.20. The molecule has 0 aliphatic carbocycles. The standard InChI is InChI=1S/C10H13NS/c1-2-3-4-8-5-6-9(11)10(12)7-8/h2,5-7,12H,1,3-4,11H2. The fourth-order valence-corrected chi connectivity index (χ4v) is 1.25. The van der Waals surface area contributed by atoms with Crippen LogP contribution in [-0.4, -0.2) is 0 Å². The number of hydrogen-bond donors (Lipinski definition) is 2. The Kier molecular flexibility index (Phi) is 3.23. The van der Waals surface area contributed by atoms with E-state index in [1.807, 2.05) is 24.3 Å². The molecule has 1 aromatic carbocycles. The molecule has 0 bridgehead atoms. The van der Waals surface area contributed by atoms with E-state index >= 15 is 0 Å². The number of aryl methyl sites for hydroxylation is 1. The van der Waals surface area contributed by atoms with Crippen molar-refractivity contribution in [2.45, 2.75) is 17.7 Å². The molecule has 0 fully saturated rings. The van der Waals surface area contributed by atoms with E-state index in [1.54, 1.807) is 0 Å². The lowest BCUT2D eigenvalue weighted by Gasteiger charge is -2.02. The maximum Gasteiger partial charge on any atom is 0.0449 e. The predicted molar refractivity (Wildman–Crippen MR) is 56.6 cm³/mol. The van der Waals surface area contributed by atoms with Gasteiger partial charge in [0.05, 0.1) is 0 Å². The highest BCUT2D eigenvalue weighted by atomic mass is 32.1. The van der Waals surface area contributed by atoms with Gasteiger partial charge in [-0.3, -0.25) is 0 Å². The van der Waals surface area contributed by atoms with Crippen molar-refractivity contribution >= 4 is 18.3 Å². The van der Waals surface area contributed by atoms with Crippen molar-refractivity contribution in [2.75, 3.05) is 5.73 Å². The fraction of sp³-hybridized carbons (Fsp3) is 0.200. The molecule has 2 heteroatoms. The zero-order valence-electron chi connectivity index (χ0n) is 6.96. The van der Waals surface area contributed by atoms with E-state index in [0.29, 0.717) is 0 Å². The number of anilines is 1. The van der Waals surface area contributed by atoms with Gasteiger partial charge in [-0.05, 0) is 30.5 Å². The predicted octanol–water partition coefficient (Wildman–Crippen LogP) is 2.68. The van der Waals surface area contributed by atoms with Crippen molar-refractivity contribution in [2.24, 2.45) is 0 Å². The minimum atomic E-state index is 0.737. The molecule has 0 aliphatic heterocycles. The minimum absolute atomic E-state index is 0.737. The largest absolute Gasteiger partial charge is 0.398 e. The third-order valence-electron chi connectivity index (χ3n) is 1.73. The van der Waals surface area contributed by atoms with E-state index in [2.05, 4.69) is 19.2 Å². The molecule has 0 aliphatic rings. The van der Waals surface area contributed by atoms with Crippen LogP contribution >= 0.6 is 12.6 Å². The second kappa shape index (κ2) is 4.21. The number of benzene rings is 1. The van der Waals surface area contributed by atoms with E-state index in [0.717, 1.165) is 23.4 Å². The third-order valence-corrected chi connectivity index (χ3v) is 2.12. The molecule has 0 unspecified atom stereocenters. The first-order valence-corrected chi connectivity index (χ1v) is 4.37. The molecule has 0 aromatic heterocycles. The normalized spacial score (nSPS) is 9.75. The Hall–Kier alpha value is -0.890. The number of rotatable bonds is 3. The molecule has 0 spiro atoms. The zero-order chi connectivity index (χ0) is 8.97. The van der Waals surface area contributed by atoms with Crippen LogP contribution in [0.3, 0.4) is 0 Å². The van der Waals surface area contributed by atoms with Crippen molar-refractivity contribution in [1.29, 1.82) is 0 Å². The van der Waals surface area contributed by atoms with Gasteiger partial charge in [-0.25, -0.2) is 0 Å². The van der Waals surface area contributed by atoms with E-state index in [9.17, 15) is 0 Å². The van der Waals surface area contributed by atoms with Crippen molar-refractivity contribution in [3.05, 3.63) is 36.4 Å². The molecule has 1 aromatic rings. The van der Waals surface area contributed by atoms with Gasteiger partial charge in [0.15, 0.2) is 0 Å². The smallest absolute Gasteiger partial charge is 0.0449 e. The van der Waals surface area contributed by atoms with Crippen LogP contribution in [0.25, 0.3) is 0 Å². The molecule has 0 atom stereocenters. The first-order chi connectivity index (χ1) is 5.74. The molecule has 1 nitrogen and oxygen atoms in total. The fourth-order valence-electron chi connectivity index (χ4n) is 1.01. The second-order valence-corrected chi connectivity index (χ2v) is 3.20. The summed E-state index contributed by atoms with van der Waals surface area (Å²) in [6, 6.07) is 5.92. The van der Waals surface area contributed by atoms with Gasteiger partial charge in [-0.2, -0.15) is 0 Å². The van der Waals surface area contributed by atoms with Crippen LogP contribution in [-0.2, 0) is 6.42 Å². The maximum absolute atomic E-state index is 5.62. The number of thiol groups is 1. The molecule has 0 heterocycles. The van der Waals surface area contributed by atoms with Gasteiger partial charge in [0.25, 0.3) is 0 Å². The third kappa shape index (κ3) is 2.31. The Morgan fingerprint density at radius 2 is 2.25 bits per heavy atom. The Bertz CT molecular complexity index is 281. The van der Waals surface area contributed by atoms with Crippen LogP contribution in [0.4, 0.5) is 5.69 Å². The lowest BCUT2D eigenvalue weighted by atomic mass is 10.1. The minimum Gasteiger partial charge on any atom is -0.398 e. The Balaban J connectivity index is 2.75. The van der Waals surface area contributed by atoms with Crippen LogP contribution in [0.2, 0.25) is 0 Å². The Morgan fingerprint density at radius 1 is 1.50 bits per heavy atom. The van der Waals surface area contributed by atoms with E-state index in [1.165, 1.54) is 5.56 Å². The van der Waals surface area contributed by atoms with E-state index < -0.39 is 0 Å². The summed E-state index contributed by atoms with van der Waals surface area (Å²) in [7, 11) is 0. The van der Waals surface area contributed by atoms with Gasteiger partial charge in [-0.15, -0.1) is 19.2 Å². The van der Waals surface area contributed by atoms with Crippen LogP contribution in [0.15, 0.2) is 35.7 Å². The molecular formula is C10H13NS. The van der Waals surface area contributed by atoms with E-state index in [-0.39, 0.29) is 0 Å². The van der Waals surface area contributed by atoms with Crippen molar-refractivity contribution in [3.8, 4) is 0 Å². The molecule has 0 radical (unpaired) electrons. The second-order valence-electron chi connectivity index (χ2n) is 2.72. The van der Waals surface area contributed by atoms with E-state index in [4.69, 9.17) is 5.73 Å². The highest BCUT2D eigenvalue weighted by Crippen LogP contribution is 2.18. The SMILES string of the molecule is C=CCCc1ccc(N)c(S)c1. The summed E-state index contributed by atoms with van der Waals surface area (Å²) < 4.78 is 0. The Labute approximate surface area is 78.7 Å². The highest BCUT2D eigenvalue weighted by molar-refractivity contribution is 7.80. The number of hydrogen-bond acceptors (Lipinski definition) is 2. The summed E-state index contributed by atoms with van der Waals surface area (Å²) >= 11 is 4.24. The van der Waals surface area contributed by atoms with Gasteiger partial charge in [0, 0.05) is 10.6 Å². The number of allylic oxidation sites excluding steroid dienone is 1. The van der Waals surface area contributed by atoms with Crippen LogP contribution in [0, 0.1) is 0 Å². The summed E-state index contributed by atoms with van der Waals surface area (Å²) in [4.78, 5) is 0.858. The van der Waals surface area contributed by atoms with Crippen molar-refractivity contribution in [3.63, 3.8) is 0 Å². The van der Waals surface area contributed by atoms with Crippen molar-refractivity contribution < 1.29 is 0 Å². The van der Waals surface area contributed by atoms with Crippen LogP contribution in [0.5, 0.6) is 0 Å². The number of nitrogens with two attached hydrogens (primary N) is 1. The Morgan fingerprint density at radius 3 is 2.83 bits per heavy atom. The average Bonchev–Trinajstić information content (AvgIpc) is 2.07. The highest BCUT2D eigenvalue weighted by Gasteiger charge is 1.95. The molecular weight excluding hydrogens is 166 g/mol. The van der Waals surface area contributed by atoms with Crippen LogP contribution in [0.1, 0.15) is 12.0 Å². The lowest BCUT2D eigenvalue weighted by molar-refractivity contribution is 0.998. The molecule has 0 saturated heterocycles. The first-order valence-electron chi connectivity index (χ1n) is 3.92. The molecule has 0 amide bonds. The average molecular weight is 179 g/mol. The topological polar surface area (TPSA) is 26.0 Å². The molecule has 12 heavy (non-hydrogen) atoms. The van der Waals surface area contributed by atoms with Gasteiger partial charge < -0.3 is 5.73 Å².